The van der Waals surface area contributed by atoms with Gasteiger partial charge in [-0.15, -0.1) is 0 Å². The van der Waals surface area contributed by atoms with Gasteiger partial charge in [0, 0.05) is 13.0 Å². The Labute approximate surface area is 169 Å². The Bertz CT molecular complexity index is 841. The average Bonchev–Trinajstić information content (AvgIpc) is 3.23. The van der Waals surface area contributed by atoms with Gasteiger partial charge in [0.05, 0.1) is 12.0 Å². The Balaban J connectivity index is 1.69. The van der Waals surface area contributed by atoms with Gasteiger partial charge >= 0.3 is 6.09 Å². The Hall–Kier alpha value is -3.35. The number of carbonyl (C=O) groups is 3. The molecular weight excluding hydrogens is 372 g/mol. The first-order valence-corrected chi connectivity index (χ1v) is 9.57. The van der Waals surface area contributed by atoms with E-state index < -0.39 is 30.1 Å². The van der Waals surface area contributed by atoms with Gasteiger partial charge in [0.2, 0.25) is 5.91 Å². The summed E-state index contributed by atoms with van der Waals surface area (Å²) in [5, 5.41) is 14.0. The normalized spacial score (nSPS) is 16.8. The van der Waals surface area contributed by atoms with E-state index in [4.69, 9.17) is 4.74 Å². The van der Waals surface area contributed by atoms with Crippen molar-refractivity contribution >= 4 is 18.0 Å². The number of carboxylic acid groups (broad SMARTS) is 1. The highest BCUT2D eigenvalue weighted by molar-refractivity contribution is 5.89. The molecule has 7 heteroatoms. The fourth-order valence-corrected chi connectivity index (χ4v) is 3.43. The fourth-order valence-electron chi connectivity index (χ4n) is 3.43. The molecule has 0 bridgehead atoms. The van der Waals surface area contributed by atoms with Crippen molar-refractivity contribution in [3.05, 3.63) is 71.8 Å². The van der Waals surface area contributed by atoms with Gasteiger partial charge in [-0.05, 0) is 24.0 Å². The molecule has 3 rings (SSSR count). The first kappa shape index (κ1) is 20.4. The zero-order valence-electron chi connectivity index (χ0n) is 16.0. The molecule has 0 aliphatic carbocycles. The van der Waals surface area contributed by atoms with Crippen LogP contribution in [0.4, 0.5) is 4.79 Å². The number of hydrogen-bond donors (Lipinski definition) is 1. The minimum absolute atomic E-state index is 0.0737. The molecule has 7 nitrogen and oxygen atoms in total. The topological polar surface area (TPSA) is 98.8 Å². The van der Waals surface area contributed by atoms with Gasteiger partial charge < -0.3 is 24.9 Å². The van der Waals surface area contributed by atoms with Crippen LogP contribution >= 0.6 is 0 Å². The lowest BCUT2D eigenvalue weighted by Crippen LogP contribution is -2.54. The molecule has 29 heavy (non-hydrogen) atoms. The van der Waals surface area contributed by atoms with Gasteiger partial charge in [0.1, 0.15) is 12.6 Å². The van der Waals surface area contributed by atoms with Crippen LogP contribution in [0.5, 0.6) is 0 Å². The summed E-state index contributed by atoms with van der Waals surface area (Å²) >= 11 is 0. The zero-order valence-corrected chi connectivity index (χ0v) is 16.0. The Morgan fingerprint density at radius 3 is 2.28 bits per heavy atom. The second kappa shape index (κ2) is 9.73. The zero-order chi connectivity index (χ0) is 20.6. The molecule has 0 radical (unpaired) electrons. The van der Waals surface area contributed by atoms with Crippen molar-refractivity contribution in [3.8, 4) is 0 Å². The van der Waals surface area contributed by atoms with E-state index in [-0.39, 0.29) is 13.0 Å². The largest absolute Gasteiger partial charge is 0.548 e. The molecule has 2 atom stereocenters. The van der Waals surface area contributed by atoms with Crippen LogP contribution in [0.2, 0.25) is 0 Å². The lowest BCUT2D eigenvalue weighted by Gasteiger charge is -2.29. The van der Waals surface area contributed by atoms with Crippen LogP contribution < -0.4 is 10.4 Å². The monoisotopic (exact) mass is 395 g/mol. The Morgan fingerprint density at radius 1 is 1.03 bits per heavy atom. The molecule has 2 aromatic rings. The Morgan fingerprint density at radius 2 is 1.66 bits per heavy atom. The number of likely N-dealkylation sites (tertiary alicyclic amines) is 1. The number of ether oxygens (including phenoxy) is 1. The van der Waals surface area contributed by atoms with Crippen LogP contribution in [0, 0.1) is 0 Å². The summed E-state index contributed by atoms with van der Waals surface area (Å²) < 4.78 is 5.23. The number of hydrogen-bond acceptors (Lipinski definition) is 5. The molecule has 0 saturated carbocycles. The van der Waals surface area contributed by atoms with Crippen LogP contribution in [0.15, 0.2) is 60.7 Å². The third-order valence-electron chi connectivity index (χ3n) is 4.89. The van der Waals surface area contributed by atoms with Crippen LogP contribution in [0.1, 0.15) is 24.0 Å². The maximum absolute atomic E-state index is 13.0. The number of amides is 2. The number of carbonyl (C=O) groups excluding carboxylic acids is 3. The van der Waals surface area contributed by atoms with E-state index in [9.17, 15) is 19.5 Å². The maximum atomic E-state index is 13.0. The summed E-state index contributed by atoms with van der Waals surface area (Å²) in [6.07, 6.45) is 0.439. The number of rotatable bonds is 7. The number of carboxylic acids is 1. The fraction of sp³-hybridized carbons (Fsp3) is 0.318. The first-order valence-electron chi connectivity index (χ1n) is 9.57. The van der Waals surface area contributed by atoms with Gasteiger partial charge in [-0.3, -0.25) is 4.79 Å². The van der Waals surface area contributed by atoms with Crippen molar-refractivity contribution in [3.63, 3.8) is 0 Å². The first-order chi connectivity index (χ1) is 14.0. The third kappa shape index (κ3) is 5.57. The molecule has 0 aromatic heterocycles. The van der Waals surface area contributed by atoms with Gasteiger partial charge in [-0.25, -0.2) is 4.79 Å². The van der Waals surface area contributed by atoms with Gasteiger partial charge in [0.15, 0.2) is 0 Å². The Kier molecular flexibility index (Phi) is 6.84. The highest BCUT2D eigenvalue weighted by Crippen LogP contribution is 2.19. The smallest absolute Gasteiger partial charge is 0.408 e. The molecule has 1 fully saturated rings. The summed E-state index contributed by atoms with van der Waals surface area (Å²) in [6, 6.07) is 16.5. The van der Waals surface area contributed by atoms with Crippen LogP contribution in [0.3, 0.4) is 0 Å². The van der Waals surface area contributed by atoms with E-state index in [1.807, 2.05) is 60.7 Å². The van der Waals surface area contributed by atoms with Gasteiger partial charge in [-0.1, -0.05) is 60.7 Å². The summed E-state index contributed by atoms with van der Waals surface area (Å²) in [5.74, 6) is -1.72. The standard InChI is InChI=1S/C22H24N2O5/c25-20(24-13-7-12-19(24)21(26)27)18(14-16-8-3-1-4-9-16)23-22(28)29-15-17-10-5-2-6-11-17/h1-6,8-11,18-19H,7,12-15H2,(H,23,28)(H,26,27)/p-1/t18-,19-/m0/s1. The number of benzene rings is 2. The number of nitrogens with zero attached hydrogens (tertiary/aromatic N) is 1. The molecular formula is C22H23N2O5-. The molecule has 0 unspecified atom stereocenters. The van der Waals surface area contributed by atoms with E-state index in [2.05, 4.69) is 5.32 Å². The second-order valence-electron chi connectivity index (χ2n) is 6.96. The van der Waals surface area contributed by atoms with Crippen molar-refractivity contribution in [2.24, 2.45) is 0 Å². The van der Waals surface area contributed by atoms with Crippen molar-refractivity contribution in [2.75, 3.05) is 6.54 Å². The SMILES string of the molecule is O=C(N[C@@H](Cc1ccccc1)C(=O)N1CCC[C@H]1C(=O)[O-])OCc1ccccc1. The molecule has 2 aromatic carbocycles. The highest BCUT2D eigenvalue weighted by atomic mass is 16.5. The summed E-state index contributed by atoms with van der Waals surface area (Å²) in [4.78, 5) is 38.0. The predicted octanol–water partition coefficient (Wildman–Crippen LogP) is 1.26. The number of nitrogens with one attached hydrogen (secondary N) is 1. The van der Waals surface area contributed by atoms with Crippen molar-refractivity contribution in [1.29, 1.82) is 0 Å². The van der Waals surface area contributed by atoms with E-state index >= 15 is 0 Å². The van der Waals surface area contributed by atoms with Gasteiger partial charge in [-0.2, -0.15) is 0 Å². The van der Waals surface area contributed by atoms with Crippen molar-refractivity contribution < 1.29 is 24.2 Å². The summed E-state index contributed by atoms with van der Waals surface area (Å²) in [6.45, 7) is 0.397. The maximum Gasteiger partial charge on any atom is 0.408 e. The summed E-state index contributed by atoms with van der Waals surface area (Å²) in [7, 11) is 0. The summed E-state index contributed by atoms with van der Waals surface area (Å²) in [5.41, 5.74) is 1.67. The van der Waals surface area contributed by atoms with Gasteiger partial charge in [0.25, 0.3) is 0 Å². The van der Waals surface area contributed by atoms with Crippen LogP contribution in [-0.4, -0.2) is 41.5 Å². The molecule has 0 spiro atoms. The molecule has 1 saturated heterocycles. The lowest BCUT2D eigenvalue weighted by molar-refractivity contribution is -0.310. The highest BCUT2D eigenvalue weighted by Gasteiger charge is 2.34. The molecule has 152 valence electrons. The van der Waals surface area contributed by atoms with Crippen molar-refractivity contribution in [1.82, 2.24) is 10.2 Å². The van der Waals surface area contributed by atoms with Crippen molar-refractivity contribution in [2.45, 2.75) is 38.0 Å². The predicted molar refractivity (Wildman–Crippen MR) is 103 cm³/mol. The number of alkyl carbamates (subject to hydrolysis) is 1. The number of aliphatic carboxylic acids is 1. The second-order valence-corrected chi connectivity index (χ2v) is 6.96. The molecule has 1 aliphatic rings. The minimum atomic E-state index is -1.28. The molecule has 1 heterocycles. The molecule has 1 N–H and O–H groups in total. The van der Waals surface area contributed by atoms with E-state index in [0.29, 0.717) is 19.4 Å². The van der Waals surface area contributed by atoms with Crippen LogP contribution in [0.25, 0.3) is 0 Å². The molecule has 2 amide bonds. The third-order valence-corrected chi connectivity index (χ3v) is 4.89. The average molecular weight is 395 g/mol. The lowest BCUT2D eigenvalue weighted by atomic mass is 10.0. The quantitative estimate of drug-likeness (QED) is 0.761. The van der Waals surface area contributed by atoms with E-state index in [0.717, 1.165) is 11.1 Å². The van der Waals surface area contributed by atoms with E-state index in [1.165, 1.54) is 4.90 Å². The van der Waals surface area contributed by atoms with E-state index in [1.54, 1.807) is 0 Å². The minimum Gasteiger partial charge on any atom is -0.548 e. The molecule has 1 aliphatic heterocycles. The van der Waals surface area contributed by atoms with Crippen LogP contribution in [-0.2, 0) is 27.4 Å².